The number of hydrogen-bond acceptors (Lipinski definition) is 2. The SMILES string of the molecule is CC(C)C[C@H](CN)CC(=O)NCC1(C)CCCC1. The van der Waals surface area contributed by atoms with Crippen molar-refractivity contribution in [3.63, 3.8) is 0 Å². The van der Waals surface area contributed by atoms with Gasteiger partial charge in [0.25, 0.3) is 0 Å². The van der Waals surface area contributed by atoms with Crippen molar-refractivity contribution in [3.8, 4) is 0 Å². The Balaban J connectivity index is 2.27. The summed E-state index contributed by atoms with van der Waals surface area (Å²) in [5.74, 6) is 1.12. The summed E-state index contributed by atoms with van der Waals surface area (Å²) in [4.78, 5) is 11.9. The third kappa shape index (κ3) is 5.38. The lowest BCUT2D eigenvalue weighted by atomic mass is 9.88. The van der Waals surface area contributed by atoms with E-state index in [1.54, 1.807) is 0 Å². The first-order valence-corrected chi connectivity index (χ1v) is 7.42. The zero-order valence-electron chi connectivity index (χ0n) is 12.3. The van der Waals surface area contributed by atoms with Crippen LogP contribution in [0.5, 0.6) is 0 Å². The van der Waals surface area contributed by atoms with Gasteiger partial charge in [-0.05, 0) is 43.1 Å². The van der Waals surface area contributed by atoms with Gasteiger partial charge >= 0.3 is 0 Å². The normalized spacial score (nSPS) is 20.1. The molecular formula is C15H30N2O. The van der Waals surface area contributed by atoms with E-state index in [4.69, 9.17) is 5.73 Å². The van der Waals surface area contributed by atoms with Crippen LogP contribution in [0.2, 0.25) is 0 Å². The largest absolute Gasteiger partial charge is 0.356 e. The van der Waals surface area contributed by atoms with E-state index in [0.717, 1.165) is 13.0 Å². The quantitative estimate of drug-likeness (QED) is 0.734. The van der Waals surface area contributed by atoms with Crippen LogP contribution in [0.4, 0.5) is 0 Å². The molecule has 1 aliphatic carbocycles. The predicted molar refractivity (Wildman–Crippen MR) is 76.2 cm³/mol. The van der Waals surface area contributed by atoms with Gasteiger partial charge in [-0.25, -0.2) is 0 Å². The molecule has 0 heterocycles. The molecule has 0 radical (unpaired) electrons. The molecule has 0 aromatic rings. The Labute approximate surface area is 112 Å². The minimum absolute atomic E-state index is 0.180. The summed E-state index contributed by atoms with van der Waals surface area (Å²) in [6, 6.07) is 0. The Kier molecular flexibility index (Phi) is 6.13. The molecule has 0 aliphatic heterocycles. The van der Waals surface area contributed by atoms with Gasteiger partial charge in [0.05, 0.1) is 0 Å². The van der Waals surface area contributed by atoms with E-state index >= 15 is 0 Å². The van der Waals surface area contributed by atoms with Crippen LogP contribution in [0.15, 0.2) is 0 Å². The summed E-state index contributed by atoms with van der Waals surface area (Å²) in [7, 11) is 0. The Morgan fingerprint density at radius 1 is 1.33 bits per heavy atom. The van der Waals surface area contributed by atoms with E-state index < -0.39 is 0 Å². The van der Waals surface area contributed by atoms with Crippen LogP contribution < -0.4 is 11.1 Å². The van der Waals surface area contributed by atoms with Gasteiger partial charge in [0, 0.05) is 13.0 Å². The third-order valence-electron chi connectivity index (χ3n) is 4.14. The van der Waals surface area contributed by atoms with Crippen molar-refractivity contribution >= 4 is 5.91 Å². The van der Waals surface area contributed by atoms with Crippen molar-refractivity contribution in [1.29, 1.82) is 0 Å². The van der Waals surface area contributed by atoms with Gasteiger partial charge in [0.1, 0.15) is 0 Å². The third-order valence-corrected chi connectivity index (χ3v) is 4.14. The first-order valence-electron chi connectivity index (χ1n) is 7.42. The van der Waals surface area contributed by atoms with Crippen LogP contribution in [-0.2, 0) is 4.79 Å². The summed E-state index contributed by atoms with van der Waals surface area (Å²) in [5, 5.41) is 3.11. The standard InChI is InChI=1S/C15H30N2O/c1-12(2)8-13(10-16)9-14(18)17-11-15(3)6-4-5-7-15/h12-13H,4-11,16H2,1-3H3,(H,17,18)/t13-/m0/s1. The molecule has 0 bridgehead atoms. The van der Waals surface area contributed by atoms with Crippen LogP contribution in [0, 0.1) is 17.3 Å². The van der Waals surface area contributed by atoms with Crippen molar-refractivity contribution in [2.45, 2.75) is 59.3 Å². The van der Waals surface area contributed by atoms with E-state index in [1.165, 1.54) is 25.7 Å². The Bertz CT molecular complexity index is 257. The number of rotatable bonds is 7. The van der Waals surface area contributed by atoms with Gasteiger partial charge in [-0.2, -0.15) is 0 Å². The van der Waals surface area contributed by atoms with E-state index in [9.17, 15) is 4.79 Å². The molecule has 1 saturated carbocycles. The van der Waals surface area contributed by atoms with Crippen LogP contribution in [0.3, 0.4) is 0 Å². The molecular weight excluding hydrogens is 224 g/mol. The molecule has 0 spiro atoms. The van der Waals surface area contributed by atoms with Crippen LogP contribution in [0.1, 0.15) is 59.3 Å². The number of nitrogens with one attached hydrogen (secondary N) is 1. The maximum Gasteiger partial charge on any atom is 0.220 e. The molecule has 1 atom stereocenters. The van der Waals surface area contributed by atoms with E-state index in [-0.39, 0.29) is 5.91 Å². The van der Waals surface area contributed by atoms with Gasteiger partial charge in [0.15, 0.2) is 0 Å². The van der Waals surface area contributed by atoms with Gasteiger partial charge in [-0.1, -0.05) is 33.6 Å². The van der Waals surface area contributed by atoms with Crippen LogP contribution in [0.25, 0.3) is 0 Å². The molecule has 0 aromatic carbocycles. The fourth-order valence-corrected chi connectivity index (χ4v) is 2.98. The molecule has 1 amide bonds. The van der Waals surface area contributed by atoms with Gasteiger partial charge in [-0.3, -0.25) is 4.79 Å². The fourth-order valence-electron chi connectivity index (χ4n) is 2.98. The van der Waals surface area contributed by atoms with E-state index in [0.29, 0.717) is 30.2 Å². The number of carbonyl (C=O) groups excluding carboxylic acids is 1. The maximum atomic E-state index is 11.9. The van der Waals surface area contributed by atoms with E-state index in [1.807, 2.05) is 0 Å². The van der Waals surface area contributed by atoms with Gasteiger partial charge < -0.3 is 11.1 Å². The van der Waals surface area contributed by atoms with Crippen molar-refractivity contribution in [3.05, 3.63) is 0 Å². The van der Waals surface area contributed by atoms with Crippen LogP contribution in [-0.4, -0.2) is 19.0 Å². The molecule has 0 unspecified atom stereocenters. The highest BCUT2D eigenvalue weighted by atomic mass is 16.1. The lowest BCUT2D eigenvalue weighted by Gasteiger charge is -2.24. The highest BCUT2D eigenvalue weighted by Crippen LogP contribution is 2.36. The van der Waals surface area contributed by atoms with Crippen molar-refractivity contribution in [1.82, 2.24) is 5.32 Å². The minimum atomic E-state index is 0.180. The molecule has 106 valence electrons. The lowest BCUT2D eigenvalue weighted by Crippen LogP contribution is -2.36. The average molecular weight is 254 g/mol. The summed E-state index contributed by atoms with van der Waals surface area (Å²) in [6.07, 6.45) is 6.75. The number of hydrogen-bond donors (Lipinski definition) is 2. The topological polar surface area (TPSA) is 55.1 Å². The van der Waals surface area contributed by atoms with Crippen LogP contribution >= 0.6 is 0 Å². The zero-order chi connectivity index (χ0) is 13.6. The summed E-state index contributed by atoms with van der Waals surface area (Å²) in [6.45, 7) is 8.10. The fraction of sp³-hybridized carbons (Fsp3) is 0.933. The molecule has 1 rings (SSSR count). The second-order valence-corrected chi connectivity index (χ2v) is 6.73. The Morgan fingerprint density at radius 3 is 2.44 bits per heavy atom. The summed E-state index contributed by atoms with van der Waals surface area (Å²) >= 11 is 0. The van der Waals surface area contributed by atoms with E-state index in [2.05, 4.69) is 26.1 Å². The van der Waals surface area contributed by atoms with Gasteiger partial charge in [0.2, 0.25) is 5.91 Å². The Hall–Kier alpha value is -0.570. The van der Waals surface area contributed by atoms with Gasteiger partial charge in [-0.15, -0.1) is 0 Å². The molecule has 0 aromatic heterocycles. The summed E-state index contributed by atoms with van der Waals surface area (Å²) < 4.78 is 0. The molecule has 1 fully saturated rings. The first-order chi connectivity index (χ1) is 8.45. The second-order valence-electron chi connectivity index (χ2n) is 6.73. The van der Waals surface area contributed by atoms with Crippen molar-refractivity contribution in [2.24, 2.45) is 23.0 Å². The minimum Gasteiger partial charge on any atom is -0.356 e. The monoisotopic (exact) mass is 254 g/mol. The molecule has 1 aliphatic rings. The average Bonchev–Trinajstić information content (AvgIpc) is 2.73. The molecule has 3 heteroatoms. The second kappa shape index (κ2) is 7.13. The number of carbonyl (C=O) groups is 1. The smallest absolute Gasteiger partial charge is 0.220 e. The zero-order valence-corrected chi connectivity index (χ0v) is 12.3. The first kappa shape index (κ1) is 15.5. The number of amides is 1. The van der Waals surface area contributed by atoms with Crippen molar-refractivity contribution in [2.75, 3.05) is 13.1 Å². The highest BCUT2D eigenvalue weighted by Gasteiger charge is 2.29. The molecule has 3 nitrogen and oxygen atoms in total. The molecule has 3 N–H and O–H groups in total. The Morgan fingerprint density at radius 2 is 1.94 bits per heavy atom. The maximum absolute atomic E-state index is 11.9. The highest BCUT2D eigenvalue weighted by molar-refractivity contribution is 5.76. The number of nitrogens with two attached hydrogens (primary N) is 1. The predicted octanol–water partition coefficient (Wildman–Crippen LogP) is 2.69. The molecule has 18 heavy (non-hydrogen) atoms. The van der Waals surface area contributed by atoms with Crippen molar-refractivity contribution < 1.29 is 4.79 Å². The molecule has 0 saturated heterocycles. The lowest BCUT2D eigenvalue weighted by molar-refractivity contribution is -0.122. The summed E-state index contributed by atoms with van der Waals surface area (Å²) in [5.41, 5.74) is 6.07.